The summed E-state index contributed by atoms with van der Waals surface area (Å²) in [7, 11) is 0. The van der Waals surface area contributed by atoms with Gasteiger partial charge >= 0.3 is 0 Å². The molecule has 1 heterocycles. The molecule has 0 aliphatic carbocycles. The molecule has 1 amide bonds. The van der Waals surface area contributed by atoms with Crippen molar-refractivity contribution in [1.82, 2.24) is 10.2 Å². The normalized spacial score (nSPS) is 19.5. The van der Waals surface area contributed by atoms with Crippen molar-refractivity contribution in [2.75, 3.05) is 19.7 Å². The zero-order chi connectivity index (χ0) is 13.7. The van der Waals surface area contributed by atoms with E-state index in [9.17, 15) is 4.79 Å². The van der Waals surface area contributed by atoms with Crippen LogP contribution in [0.1, 0.15) is 18.1 Å². The van der Waals surface area contributed by atoms with Crippen LogP contribution in [0.25, 0.3) is 0 Å². The maximum absolute atomic E-state index is 11.6. The summed E-state index contributed by atoms with van der Waals surface area (Å²) in [6.07, 6.45) is 0. The van der Waals surface area contributed by atoms with E-state index in [1.807, 2.05) is 31.2 Å². The van der Waals surface area contributed by atoms with Crippen LogP contribution in [0.5, 0.6) is 0 Å². The molecule has 1 fully saturated rings. The van der Waals surface area contributed by atoms with Crippen LogP contribution in [0.4, 0.5) is 0 Å². The van der Waals surface area contributed by atoms with Crippen molar-refractivity contribution in [2.24, 2.45) is 0 Å². The first-order chi connectivity index (χ1) is 9.20. The lowest BCUT2D eigenvalue weighted by Crippen LogP contribution is -2.53. The molecule has 0 spiro atoms. The molecule has 1 aromatic rings. The summed E-state index contributed by atoms with van der Waals surface area (Å²) < 4.78 is 0. The van der Waals surface area contributed by atoms with Crippen LogP contribution < -0.4 is 5.32 Å². The summed E-state index contributed by atoms with van der Waals surface area (Å²) >= 11 is 0. The fraction of sp³-hybridized carbons (Fsp3) is 0.400. The largest absolute Gasteiger partial charge is 0.384 e. The first-order valence-corrected chi connectivity index (χ1v) is 6.41. The number of aliphatic hydroxyl groups is 1. The number of carbonyl (C=O) groups is 1. The quantitative estimate of drug-likeness (QED) is 0.753. The zero-order valence-electron chi connectivity index (χ0n) is 11.0. The van der Waals surface area contributed by atoms with Gasteiger partial charge in [0.05, 0.1) is 6.04 Å². The molecular weight excluding hydrogens is 240 g/mol. The second kappa shape index (κ2) is 6.37. The minimum Gasteiger partial charge on any atom is -0.384 e. The van der Waals surface area contributed by atoms with Crippen LogP contribution in [0, 0.1) is 11.8 Å². The average Bonchev–Trinajstić information content (AvgIpc) is 2.42. The highest BCUT2D eigenvalue weighted by atomic mass is 16.2. The standard InChI is InChI=1S/C15H18N2O2/c1-12-15(19)16-7-8-17(12)11-14-5-2-4-13(10-14)6-3-9-18/h2,4-5,10,12,18H,7-9,11H2,1H3,(H,16,19). The summed E-state index contributed by atoms with van der Waals surface area (Å²) in [5.41, 5.74) is 2.02. The summed E-state index contributed by atoms with van der Waals surface area (Å²) in [6, 6.07) is 7.80. The smallest absolute Gasteiger partial charge is 0.237 e. The van der Waals surface area contributed by atoms with Gasteiger partial charge in [-0.25, -0.2) is 0 Å². The molecule has 19 heavy (non-hydrogen) atoms. The Balaban J connectivity index is 2.08. The molecule has 1 unspecified atom stereocenters. The molecule has 1 aliphatic heterocycles. The average molecular weight is 258 g/mol. The molecule has 1 saturated heterocycles. The molecule has 2 N–H and O–H groups in total. The fourth-order valence-corrected chi connectivity index (χ4v) is 2.17. The van der Waals surface area contributed by atoms with Gasteiger partial charge in [0.1, 0.15) is 6.61 Å². The number of benzene rings is 1. The lowest BCUT2D eigenvalue weighted by atomic mass is 10.1. The maximum atomic E-state index is 11.6. The van der Waals surface area contributed by atoms with E-state index in [0.29, 0.717) is 6.54 Å². The molecule has 100 valence electrons. The molecule has 1 aliphatic rings. The molecule has 0 radical (unpaired) electrons. The van der Waals surface area contributed by atoms with Crippen LogP contribution in [0.2, 0.25) is 0 Å². The third-order valence-corrected chi connectivity index (χ3v) is 3.25. The number of rotatable bonds is 2. The first-order valence-electron chi connectivity index (χ1n) is 6.41. The van der Waals surface area contributed by atoms with Gasteiger partial charge in [-0.05, 0) is 24.6 Å². The lowest BCUT2D eigenvalue weighted by Gasteiger charge is -2.32. The monoisotopic (exact) mass is 258 g/mol. The molecule has 4 heteroatoms. The minimum absolute atomic E-state index is 0.0856. The lowest BCUT2D eigenvalue weighted by molar-refractivity contribution is -0.128. The number of aliphatic hydroxyl groups excluding tert-OH is 1. The first kappa shape index (κ1) is 13.6. The molecule has 2 rings (SSSR count). The molecule has 0 bridgehead atoms. The molecule has 4 nitrogen and oxygen atoms in total. The van der Waals surface area contributed by atoms with Crippen molar-refractivity contribution in [3.8, 4) is 11.8 Å². The van der Waals surface area contributed by atoms with Gasteiger partial charge < -0.3 is 10.4 Å². The van der Waals surface area contributed by atoms with Crippen molar-refractivity contribution < 1.29 is 9.90 Å². The van der Waals surface area contributed by atoms with E-state index < -0.39 is 0 Å². The Morgan fingerprint density at radius 1 is 1.53 bits per heavy atom. The van der Waals surface area contributed by atoms with Gasteiger partial charge in [0.15, 0.2) is 0 Å². The fourth-order valence-electron chi connectivity index (χ4n) is 2.17. The summed E-state index contributed by atoms with van der Waals surface area (Å²) in [6.45, 7) is 4.09. The Morgan fingerprint density at radius 2 is 2.37 bits per heavy atom. The van der Waals surface area contributed by atoms with E-state index in [1.54, 1.807) is 0 Å². The van der Waals surface area contributed by atoms with Gasteiger partial charge in [0, 0.05) is 25.2 Å². The number of nitrogens with one attached hydrogen (secondary N) is 1. The number of hydrogen-bond donors (Lipinski definition) is 2. The highest BCUT2D eigenvalue weighted by Crippen LogP contribution is 2.12. The highest BCUT2D eigenvalue weighted by Gasteiger charge is 2.24. The molecule has 1 atom stereocenters. The van der Waals surface area contributed by atoms with Crippen LogP contribution >= 0.6 is 0 Å². The zero-order valence-corrected chi connectivity index (χ0v) is 11.0. The predicted molar refractivity (Wildman–Crippen MR) is 73.3 cm³/mol. The molecule has 0 aromatic heterocycles. The second-order valence-corrected chi connectivity index (χ2v) is 4.60. The van der Waals surface area contributed by atoms with E-state index >= 15 is 0 Å². The maximum Gasteiger partial charge on any atom is 0.237 e. The Kier molecular flexibility index (Phi) is 4.56. The Bertz CT molecular complexity index is 516. The van der Waals surface area contributed by atoms with Gasteiger partial charge in [-0.1, -0.05) is 24.0 Å². The molecule has 1 aromatic carbocycles. The van der Waals surface area contributed by atoms with Gasteiger partial charge in [0.25, 0.3) is 0 Å². The summed E-state index contributed by atoms with van der Waals surface area (Å²) in [5.74, 6) is 5.62. The SMILES string of the molecule is CC1C(=O)NCCN1Cc1cccc(C#CCO)c1. The summed E-state index contributed by atoms with van der Waals surface area (Å²) in [4.78, 5) is 13.8. The van der Waals surface area contributed by atoms with Crippen molar-refractivity contribution >= 4 is 5.91 Å². The van der Waals surface area contributed by atoms with Crippen LogP contribution in [0.15, 0.2) is 24.3 Å². The van der Waals surface area contributed by atoms with E-state index in [1.165, 1.54) is 0 Å². The summed E-state index contributed by atoms with van der Waals surface area (Å²) in [5, 5.41) is 11.6. The van der Waals surface area contributed by atoms with Gasteiger partial charge in [-0.2, -0.15) is 0 Å². The third-order valence-electron chi connectivity index (χ3n) is 3.25. The molecular formula is C15H18N2O2. The van der Waals surface area contributed by atoms with Gasteiger partial charge in [-0.3, -0.25) is 9.69 Å². The number of nitrogens with zero attached hydrogens (tertiary/aromatic N) is 1. The van der Waals surface area contributed by atoms with Gasteiger partial charge in [0.2, 0.25) is 5.91 Å². The van der Waals surface area contributed by atoms with Crippen LogP contribution in [-0.2, 0) is 11.3 Å². The number of piperazine rings is 1. The van der Waals surface area contributed by atoms with E-state index in [2.05, 4.69) is 22.1 Å². The number of amides is 1. The van der Waals surface area contributed by atoms with Crippen molar-refractivity contribution in [3.05, 3.63) is 35.4 Å². The Hall–Kier alpha value is -1.83. The predicted octanol–water partition coefficient (Wildman–Crippen LogP) is 0.351. The van der Waals surface area contributed by atoms with E-state index in [0.717, 1.165) is 24.2 Å². The number of carbonyl (C=O) groups excluding carboxylic acids is 1. The van der Waals surface area contributed by atoms with E-state index in [4.69, 9.17) is 5.11 Å². The van der Waals surface area contributed by atoms with Crippen molar-refractivity contribution in [3.63, 3.8) is 0 Å². The third kappa shape index (κ3) is 3.57. The Morgan fingerprint density at radius 3 is 3.16 bits per heavy atom. The Labute approximate surface area is 113 Å². The van der Waals surface area contributed by atoms with Crippen LogP contribution in [0.3, 0.4) is 0 Å². The minimum atomic E-state index is -0.131. The van der Waals surface area contributed by atoms with Crippen LogP contribution in [-0.4, -0.2) is 41.7 Å². The van der Waals surface area contributed by atoms with Gasteiger partial charge in [-0.15, -0.1) is 0 Å². The van der Waals surface area contributed by atoms with E-state index in [-0.39, 0.29) is 18.6 Å². The number of hydrogen-bond acceptors (Lipinski definition) is 3. The molecule has 0 saturated carbocycles. The topological polar surface area (TPSA) is 52.6 Å². The van der Waals surface area contributed by atoms with Crippen molar-refractivity contribution in [1.29, 1.82) is 0 Å². The second-order valence-electron chi connectivity index (χ2n) is 4.60. The van der Waals surface area contributed by atoms with Crippen molar-refractivity contribution in [2.45, 2.75) is 19.5 Å². The highest BCUT2D eigenvalue weighted by molar-refractivity contribution is 5.81.